The molecule has 0 fully saturated rings. The predicted octanol–water partition coefficient (Wildman–Crippen LogP) is 4.26. The third-order valence-electron chi connectivity index (χ3n) is 3.25. The highest BCUT2D eigenvalue weighted by Crippen LogP contribution is 2.37. The molecule has 1 heterocycles. The number of fused-ring (bicyclic) bond motifs is 1. The second-order valence-corrected chi connectivity index (χ2v) is 5.53. The molecule has 0 bridgehead atoms. The van der Waals surface area contributed by atoms with Crippen LogP contribution in [0.15, 0.2) is 41.5 Å². The van der Waals surface area contributed by atoms with Crippen LogP contribution in [0, 0.1) is 6.92 Å². The molecule has 1 aliphatic rings. The van der Waals surface area contributed by atoms with Gasteiger partial charge in [0.2, 0.25) is 0 Å². The number of aryl methyl sites for hydroxylation is 1. The average Bonchev–Trinajstić information content (AvgIpc) is 2.73. The summed E-state index contributed by atoms with van der Waals surface area (Å²) in [5, 5.41) is 4.77. The number of halogens is 1. The molecule has 2 aromatic carbocycles. The van der Waals surface area contributed by atoms with Gasteiger partial charge in [-0.3, -0.25) is 5.43 Å². The van der Waals surface area contributed by atoms with Crippen molar-refractivity contribution in [3.8, 4) is 11.5 Å². The molecular formula is C17H17ClN2O2. The molecule has 22 heavy (non-hydrogen) atoms. The number of nitrogens with zero attached hydrogens (tertiary/aromatic N) is 1. The normalized spacial score (nSPS) is 13.9. The van der Waals surface area contributed by atoms with Gasteiger partial charge >= 0.3 is 0 Å². The van der Waals surface area contributed by atoms with Gasteiger partial charge in [-0.05, 0) is 42.3 Å². The second kappa shape index (κ2) is 6.71. The molecule has 0 atom stereocenters. The Morgan fingerprint density at radius 2 is 2.05 bits per heavy atom. The van der Waals surface area contributed by atoms with Crippen molar-refractivity contribution in [2.75, 3.05) is 18.6 Å². The summed E-state index contributed by atoms with van der Waals surface area (Å²) in [7, 11) is 0. The third-order valence-corrected chi connectivity index (χ3v) is 3.53. The summed E-state index contributed by atoms with van der Waals surface area (Å²) in [5.74, 6) is 1.28. The molecule has 1 aliphatic heterocycles. The highest BCUT2D eigenvalue weighted by atomic mass is 35.5. The van der Waals surface area contributed by atoms with Crippen LogP contribution in [-0.2, 0) is 0 Å². The molecule has 114 valence electrons. The highest BCUT2D eigenvalue weighted by molar-refractivity contribution is 6.32. The van der Waals surface area contributed by atoms with Crippen LogP contribution in [0.1, 0.15) is 17.5 Å². The molecule has 0 amide bonds. The second-order valence-electron chi connectivity index (χ2n) is 5.12. The van der Waals surface area contributed by atoms with Crippen LogP contribution in [0.25, 0.3) is 0 Å². The fourth-order valence-corrected chi connectivity index (χ4v) is 2.49. The highest BCUT2D eigenvalue weighted by Gasteiger charge is 2.14. The SMILES string of the molecule is Cc1cccc(N/N=C\c2cc(Cl)c3c(c2)OCCCO3)c1. The molecule has 2 aromatic rings. The lowest BCUT2D eigenvalue weighted by Gasteiger charge is -2.09. The van der Waals surface area contributed by atoms with Crippen LogP contribution < -0.4 is 14.9 Å². The van der Waals surface area contributed by atoms with E-state index in [9.17, 15) is 0 Å². The van der Waals surface area contributed by atoms with E-state index >= 15 is 0 Å². The third kappa shape index (κ3) is 3.52. The Morgan fingerprint density at radius 3 is 2.91 bits per heavy atom. The van der Waals surface area contributed by atoms with E-state index in [4.69, 9.17) is 21.1 Å². The number of anilines is 1. The van der Waals surface area contributed by atoms with E-state index in [0.717, 1.165) is 17.7 Å². The molecule has 0 saturated heterocycles. The molecule has 3 rings (SSSR count). The molecular weight excluding hydrogens is 300 g/mol. The maximum Gasteiger partial charge on any atom is 0.179 e. The smallest absolute Gasteiger partial charge is 0.179 e. The van der Waals surface area contributed by atoms with Gasteiger partial charge < -0.3 is 9.47 Å². The van der Waals surface area contributed by atoms with Crippen LogP contribution in [0.4, 0.5) is 5.69 Å². The number of hydrazone groups is 1. The van der Waals surface area contributed by atoms with Crippen molar-refractivity contribution >= 4 is 23.5 Å². The lowest BCUT2D eigenvalue weighted by molar-refractivity contribution is 0.297. The summed E-state index contributed by atoms with van der Waals surface area (Å²) >= 11 is 6.25. The number of ether oxygens (including phenoxy) is 2. The van der Waals surface area contributed by atoms with Crippen LogP contribution >= 0.6 is 11.6 Å². The quantitative estimate of drug-likeness (QED) is 0.679. The molecule has 1 N–H and O–H groups in total. The van der Waals surface area contributed by atoms with Crippen molar-refractivity contribution < 1.29 is 9.47 Å². The summed E-state index contributed by atoms with van der Waals surface area (Å²) in [6.07, 6.45) is 2.56. The van der Waals surface area contributed by atoms with E-state index in [1.165, 1.54) is 5.56 Å². The van der Waals surface area contributed by atoms with Gasteiger partial charge in [0.25, 0.3) is 0 Å². The van der Waals surface area contributed by atoms with E-state index in [0.29, 0.717) is 29.7 Å². The van der Waals surface area contributed by atoms with E-state index in [1.807, 2.05) is 43.3 Å². The molecule has 0 aromatic heterocycles. The molecule has 0 spiro atoms. The van der Waals surface area contributed by atoms with Crippen LogP contribution in [0.5, 0.6) is 11.5 Å². The molecule has 4 nitrogen and oxygen atoms in total. The Kier molecular flexibility index (Phi) is 4.49. The van der Waals surface area contributed by atoms with Gasteiger partial charge in [-0.1, -0.05) is 23.7 Å². The van der Waals surface area contributed by atoms with Crippen molar-refractivity contribution in [2.24, 2.45) is 5.10 Å². The van der Waals surface area contributed by atoms with Gasteiger partial charge in [-0.25, -0.2) is 0 Å². The van der Waals surface area contributed by atoms with Gasteiger partial charge in [0.05, 0.1) is 30.1 Å². The Bertz CT molecular complexity index is 701. The maximum absolute atomic E-state index is 6.25. The summed E-state index contributed by atoms with van der Waals surface area (Å²) < 4.78 is 11.3. The van der Waals surface area contributed by atoms with Crippen LogP contribution in [0.3, 0.4) is 0 Å². The number of hydrogen-bond acceptors (Lipinski definition) is 4. The minimum atomic E-state index is 0.538. The molecule has 5 heteroatoms. The van der Waals surface area contributed by atoms with E-state index < -0.39 is 0 Å². The predicted molar refractivity (Wildman–Crippen MR) is 89.5 cm³/mol. The van der Waals surface area contributed by atoms with Crippen molar-refractivity contribution in [2.45, 2.75) is 13.3 Å². The number of hydrogen-bond donors (Lipinski definition) is 1. The van der Waals surface area contributed by atoms with Crippen LogP contribution in [-0.4, -0.2) is 19.4 Å². The van der Waals surface area contributed by atoms with E-state index in [-0.39, 0.29) is 0 Å². The summed E-state index contributed by atoms with van der Waals surface area (Å²) in [5.41, 5.74) is 5.98. The van der Waals surface area contributed by atoms with Crippen LogP contribution in [0.2, 0.25) is 5.02 Å². The fraction of sp³-hybridized carbons (Fsp3) is 0.235. The first-order valence-electron chi connectivity index (χ1n) is 7.17. The average molecular weight is 317 g/mol. The monoisotopic (exact) mass is 316 g/mol. The molecule has 0 radical (unpaired) electrons. The molecule has 0 aliphatic carbocycles. The maximum atomic E-state index is 6.25. The van der Waals surface area contributed by atoms with Gasteiger partial charge in [-0.15, -0.1) is 0 Å². The number of rotatable bonds is 3. The zero-order valence-corrected chi connectivity index (χ0v) is 13.1. The van der Waals surface area contributed by atoms with Crippen molar-refractivity contribution in [1.82, 2.24) is 0 Å². The minimum Gasteiger partial charge on any atom is -0.489 e. The lowest BCUT2D eigenvalue weighted by atomic mass is 10.2. The largest absolute Gasteiger partial charge is 0.489 e. The van der Waals surface area contributed by atoms with Gasteiger partial charge in [0, 0.05) is 6.42 Å². The van der Waals surface area contributed by atoms with Gasteiger partial charge in [0.1, 0.15) is 0 Å². The zero-order valence-electron chi connectivity index (χ0n) is 12.3. The van der Waals surface area contributed by atoms with Crippen molar-refractivity contribution in [3.05, 3.63) is 52.5 Å². The first-order valence-corrected chi connectivity index (χ1v) is 7.55. The van der Waals surface area contributed by atoms with Gasteiger partial charge in [0.15, 0.2) is 11.5 Å². The van der Waals surface area contributed by atoms with E-state index in [2.05, 4.69) is 10.5 Å². The van der Waals surface area contributed by atoms with E-state index in [1.54, 1.807) is 6.21 Å². The summed E-state index contributed by atoms with van der Waals surface area (Å²) in [6.45, 7) is 3.29. The zero-order chi connectivity index (χ0) is 15.4. The van der Waals surface area contributed by atoms with Crippen molar-refractivity contribution in [1.29, 1.82) is 0 Å². The Labute approximate surface area is 134 Å². The molecule has 0 saturated carbocycles. The summed E-state index contributed by atoms with van der Waals surface area (Å²) in [4.78, 5) is 0. The van der Waals surface area contributed by atoms with Crippen molar-refractivity contribution in [3.63, 3.8) is 0 Å². The topological polar surface area (TPSA) is 42.9 Å². The summed E-state index contributed by atoms with van der Waals surface area (Å²) in [6, 6.07) is 11.7. The Morgan fingerprint density at radius 1 is 1.18 bits per heavy atom. The standard InChI is InChI=1S/C17H17ClN2O2/c1-12-4-2-5-14(8-12)20-19-11-13-9-15(18)17-16(10-13)21-6-3-7-22-17/h2,4-5,8-11,20H,3,6-7H2,1H3/b19-11-. The fourth-order valence-electron chi connectivity index (χ4n) is 2.22. The first-order chi connectivity index (χ1) is 10.7. The minimum absolute atomic E-state index is 0.538. The number of nitrogens with one attached hydrogen (secondary N) is 1. The Hall–Kier alpha value is -2.20. The van der Waals surface area contributed by atoms with Gasteiger partial charge in [-0.2, -0.15) is 5.10 Å². The lowest BCUT2D eigenvalue weighted by Crippen LogP contribution is -1.97. The Balaban J connectivity index is 1.76. The number of benzene rings is 2. The first kappa shape index (κ1) is 14.7. The molecule has 0 unspecified atom stereocenters.